The summed E-state index contributed by atoms with van der Waals surface area (Å²) in [5.41, 5.74) is 3.92. The Bertz CT molecular complexity index is 1010. The summed E-state index contributed by atoms with van der Waals surface area (Å²) in [5.74, 6) is -0.310. The molecule has 0 aliphatic carbocycles. The molecule has 2 aromatic carbocycles. The molecule has 2 aromatic rings. The van der Waals surface area contributed by atoms with Crippen LogP contribution in [0.25, 0.3) is 0 Å². The van der Waals surface area contributed by atoms with Crippen molar-refractivity contribution < 1.29 is 13.2 Å². The molecule has 1 aliphatic rings. The molecule has 1 saturated heterocycles. The minimum atomic E-state index is -3.58. The molecule has 1 fully saturated rings. The van der Waals surface area contributed by atoms with Crippen LogP contribution in [0.15, 0.2) is 41.3 Å². The molecule has 0 radical (unpaired) electrons. The number of sulfonamides is 1. The summed E-state index contributed by atoms with van der Waals surface area (Å²) < 4.78 is 27.5. The Morgan fingerprint density at radius 2 is 1.66 bits per heavy atom. The lowest BCUT2D eigenvalue weighted by atomic mass is 10.1. The first kappa shape index (κ1) is 21.3. The van der Waals surface area contributed by atoms with Gasteiger partial charge in [0.15, 0.2) is 0 Å². The van der Waals surface area contributed by atoms with Gasteiger partial charge in [0.2, 0.25) is 10.0 Å². The smallest absolute Gasteiger partial charge is 0.255 e. The maximum Gasteiger partial charge on any atom is 0.255 e. The molecule has 0 atom stereocenters. The summed E-state index contributed by atoms with van der Waals surface area (Å²) in [7, 11) is 0.359. The number of carbonyl (C=O) groups is 1. The largest absolute Gasteiger partial charge is 0.377 e. The van der Waals surface area contributed by atoms with Crippen molar-refractivity contribution in [2.24, 2.45) is 0 Å². The minimum absolute atomic E-state index is 0.175. The van der Waals surface area contributed by atoms with Crippen LogP contribution in [-0.2, 0) is 10.0 Å². The monoisotopic (exact) mass is 415 g/mol. The Morgan fingerprint density at radius 3 is 2.28 bits per heavy atom. The molecule has 0 aromatic heterocycles. The van der Waals surface area contributed by atoms with Crippen LogP contribution in [0.5, 0.6) is 0 Å². The molecule has 1 amide bonds. The highest BCUT2D eigenvalue weighted by Crippen LogP contribution is 2.25. The van der Waals surface area contributed by atoms with Gasteiger partial charge in [0.25, 0.3) is 5.91 Å². The second-order valence-corrected chi connectivity index (χ2v) is 9.73. The highest BCUT2D eigenvalue weighted by atomic mass is 32.2. The highest BCUT2D eigenvalue weighted by Gasteiger charge is 2.27. The second-order valence-electron chi connectivity index (χ2n) is 7.79. The third-order valence-electron chi connectivity index (χ3n) is 5.34. The van der Waals surface area contributed by atoms with E-state index in [9.17, 15) is 13.2 Å². The average molecular weight is 416 g/mol. The van der Waals surface area contributed by atoms with E-state index in [1.165, 1.54) is 10.4 Å². The summed E-state index contributed by atoms with van der Waals surface area (Å²) in [5, 5.41) is 2.90. The number of aryl methyl sites for hydroxylation is 2. The number of hydrogen-bond acceptors (Lipinski definition) is 4. The van der Waals surface area contributed by atoms with Crippen LogP contribution in [0.2, 0.25) is 0 Å². The fraction of sp³-hybridized carbons (Fsp3) is 0.409. The van der Waals surface area contributed by atoms with E-state index < -0.39 is 10.0 Å². The Hall–Kier alpha value is -2.38. The van der Waals surface area contributed by atoms with Gasteiger partial charge in [-0.15, -0.1) is 0 Å². The Kier molecular flexibility index (Phi) is 6.29. The van der Waals surface area contributed by atoms with Gasteiger partial charge in [-0.2, -0.15) is 4.31 Å². The second kappa shape index (κ2) is 8.55. The molecule has 0 bridgehead atoms. The molecule has 1 aliphatic heterocycles. The molecule has 3 rings (SSSR count). The van der Waals surface area contributed by atoms with E-state index in [1.54, 1.807) is 12.1 Å². The molecule has 1 N–H and O–H groups in total. The van der Waals surface area contributed by atoms with Crippen LogP contribution >= 0.6 is 0 Å². The maximum absolute atomic E-state index is 13.0. The van der Waals surface area contributed by atoms with E-state index in [1.807, 2.05) is 51.0 Å². The first-order valence-corrected chi connectivity index (χ1v) is 11.3. The number of piperidine rings is 1. The molecule has 0 unspecified atom stereocenters. The van der Waals surface area contributed by atoms with E-state index in [0.717, 1.165) is 36.1 Å². The van der Waals surface area contributed by atoms with E-state index in [2.05, 4.69) is 5.32 Å². The molecule has 29 heavy (non-hydrogen) atoms. The quantitative estimate of drug-likeness (QED) is 0.807. The summed E-state index contributed by atoms with van der Waals surface area (Å²) in [6, 6.07) is 10.5. The zero-order valence-corrected chi connectivity index (χ0v) is 18.3. The van der Waals surface area contributed by atoms with Crippen molar-refractivity contribution in [1.82, 2.24) is 4.31 Å². The number of carbonyl (C=O) groups excluding carboxylic acids is 1. The zero-order chi connectivity index (χ0) is 21.2. The molecule has 6 nitrogen and oxygen atoms in total. The number of nitrogens with one attached hydrogen (secondary N) is 1. The topological polar surface area (TPSA) is 69.7 Å². The van der Waals surface area contributed by atoms with Gasteiger partial charge in [0.1, 0.15) is 0 Å². The van der Waals surface area contributed by atoms with E-state index in [4.69, 9.17) is 0 Å². The molecule has 0 spiro atoms. The van der Waals surface area contributed by atoms with Crippen molar-refractivity contribution in [3.63, 3.8) is 0 Å². The third kappa shape index (κ3) is 4.62. The van der Waals surface area contributed by atoms with Gasteiger partial charge in [0, 0.05) is 44.1 Å². The summed E-state index contributed by atoms with van der Waals surface area (Å²) >= 11 is 0. The van der Waals surface area contributed by atoms with Crippen molar-refractivity contribution in [3.05, 3.63) is 53.1 Å². The Labute approximate surface area is 173 Å². The van der Waals surface area contributed by atoms with Crippen LogP contribution < -0.4 is 10.2 Å². The lowest BCUT2D eigenvalue weighted by molar-refractivity contribution is 0.102. The lowest BCUT2D eigenvalue weighted by Crippen LogP contribution is -2.35. The molecular weight excluding hydrogens is 386 g/mol. The SMILES string of the molecule is Cc1ccc(S(=O)(=O)N2CCCCC2)cc1C(=O)Nc1ccc(N(C)C)c(C)c1. The predicted octanol–water partition coefficient (Wildman–Crippen LogP) is 3.80. The van der Waals surface area contributed by atoms with Gasteiger partial charge in [-0.25, -0.2) is 8.42 Å². The van der Waals surface area contributed by atoms with E-state index >= 15 is 0 Å². The van der Waals surface area contributed by atoms with E-state index in [0.29, 0.717) is 24.3 Å². The number of nitrogens with zero attached hydrogens (tertiary/aromatic N) is 2. The minimum Gasteiger partial charge on any atom is -0.377 e. The fourth-order valence-electron chi connectivity index (χ4n) is 3.69. The predicted molar refractivity (Wildman–Crippen MR) is 117 cm³/mol. The molecule has 156 valence electrons. The number of rotatable bonds is 5. The van der Waals surface area contributed by atoms with Crippen LogP contribution in [0.3, 0.4) is 0 Å². The third-order valence-corrected chi connectivity index (χ3v) is 7.24. The van der Waals surface area contributed by atoms with Gasteiger partial charge < -0.3 is 10.2 Å². The van der Waals surface area contributed by atoms with Crippen LogP contribution in [0.1, 0.15) is 40.7 Å². The lowest BCUT2D eigenvalue weighted by Gasteiger charge is -2.26. The van der Waals surface area contributed by atoms with Crippen molar-refractivity contribution >= 4 is 27.3 Å². The molecule has 7 heteroatoms. The maximum atomic E-state index is 13.0. The van der Waals surface area contributed by atoms with Gasteiger partial charge in [-0.3, -0.25) is 4.79 Å². The molecular formula is C22H29N3O3S. The van der Waals surface area contributed by atoms with E-state index in [-0.39, 0.29) is 10.8 Å². The fourth-order valence-corrected chi connectivity index (χ4v) is 5.24. The van der Waals surface area contributed by atoms with Gasteiger partial charge >= 0.3 is 0 Å². The number of benzene rings is 2. The summed E-state index contributed by atoms with van der Waals surface area (Å²) in [4.78, 5) is 15.1. The number of anilines is 2. The van der Waals surface area contributed by atoms with Crippen LogP contribution in [0, 0.1) is 13.8 Å². The normalized spacial score (nSPS) is 15.2. The van der Waals surface area contributed by atoms with Crippen molar-refractivity contribution in [3.8, 4) is 0 Å². The first-order chi connectivity index (χ1) is 13.7. The van der Waals surface area contributed by atoms with Crippen molar-refractivity contribution in [2.45, 2.75) is 38.0 Å². The van der Waals surface area contributed by atoms with Crippen molar-refractivity contribution in [2.75, 3.05) is 37.4 Å². The zero-order valence-electron chi connectivity index (χ0n) is 17.5. The number of hydrogen-bond donors (Lipinski definition) is 1. The van der Waals surface area contributed by atoms with Crippen LogP contribution in [-0.4, -0.2) is 45.8 Å². The Morgan fingerprint density at radius 1 is 0.966 bits per heavy atom. The highest BCUT2D eigenvalue weighted by molar-refractivity contribution is 7.89. The van der Waals surface area contributed by atoms with Crippen LogP contribution in [0.4, 0.5) is 11.4 Å². The number of amides is 1. The molecule has 0 saturated carbocycles. The van der Waals surface area contributed by atoms with Gasteiger partial charge in [-0.1, -0.05) is 12.5 Å². The summed E-state index contributed by atoms with van der Waals surface area (Å²) in [6.45, 7) is 4.87. The van der Waals surface area contributed by atoms with Crippen molar-refractivity contribution in [1.29, 1.82) is 0 Å². The average Bonchev–Trinajstić information content (AvgIpc) is 2.68. The standard InChI is InChI=1S/C22H29N3O3S/c1-16-8-10-19(29(27,28)25-12-6-5-7-13-25)15-20(16)22(26)23-18-9-11-21(24(3)4)17(2)14-18/h8-11,14-15H,5-7,12-13H2,1-4H3,(H,23,26). The van der Waals surface area contributed by atoms with Gasteiger partial charge in [0.05, 0.1) is 4.90 Å². The molecule has 1 heterocycles. The van der Waals surface area contributed by atoms with Gasteiger partial charge in [-0.05, 0) is 68.1 Å². The first-order valence-electron chi connectivity index (χ1n) is 9.90. The summed E-state index contributed by atoms with van der Waals surface area (Å²) in [6.07, 6.45) is 2.81. The Balaban J connectivity index is 1.86.